The van der Waals surface area contributed by atoms with E-state index in [1.165, 1.54) is 0 Å². The highest BCUT2D eigenvalue weighted by Gasteiger charge is 2.22. The maximum absolute atomic E-state index is 11.6. The molecule has 1 N–H and O–H groups in total. The van der Waals surface area contributed by atoms with E-state index in [0.29, 0.717) is 18.7 Å². The van der Waals surface area contributed by atoms with Gasteiger partial charge in [0, 0.05) is 25.6 Å². The Morgan fingerprint density at radius 3 is 2.79 bits per heavy atom. The molecule has 1 aromatic rings. The fraction of sp³-hybridized carbons (Fsp3) is 0.429. The first kappa shape index (κ1) is 13.4. The summed E-state index contributed by atoms with van der Waals surface area (Å²) in [5.74, 6) is 0.662. The average Bonchev–Trinajstić information content (AvgIpc) is 2.76. The van der Waals surface area contributed by atoms with Gasteiger partial charge in [0.1, 0.15) is 5.75 Å². The van der Waals surface area contributed by atoms with E-state index in [4.69, 9.17) is 4.74 Å². The van der Waals surface area contributed by atoms with Gasteiger partial charge in [-0.1, -0.05) is 18.2 Å². The van der Waals surface area contributed by atoms with E-state index in [1.807, 2.05) is 13.0 Å². The normalized spacial score (nSPS) is 16.3. The summed E-state index contributed by atoms with van der Waals surface area (Å²) in [5, 5.41) is 2.72. The molecule has 1 atom stereocenters. The van der Waals surface area contributed by atoms with Crippen LogP contribution in [0, 0.1) is 0 Å². The molecule has 1 saturated heterocycles. The Hall–Kier alpha value is -2.04. The molecule has 19 heavy (non-hydrogen) atoms. The molecule has 1 aliphatic heterocycles. The molecule has 5 nitrogen and oxygen atoms in total. The Morgan fingerprint density at radius 1 is 1.42 bits per heavy atom. The lowest BCUT2D eigenvalue weighted by Crippen LogP contribution is -2.43. The number of carbonyl (C=O) groups excluding carboxylic acids is 2. The predicted octanol–water partition coefficient (Wildman–Crippen LogP) is 1.79. The smallest absolute Gasteiger partial charge is 0.410 e. The lowest BCUT2D eigenvalue weighted by molar-refractivity contribution is -0.127. The molecule has 1 unspecified atom stereocenters. The summed E-state index contributed by atoms with van der Waals surface area (Å²) in [6.07, 6.45) is 1.02. The van der Waals surface area contributed by atoms with E-state index in [2.05, 4.69) is 5.32 Å². The Bertz CT molecular complexity index is 447. The van der Waals surface area contributed by atoms with Gasteiger partial charge in [0.25, 0.3) is 0 Å². The third-order valence-electron chi connectivity index (χ3n) is 2.98. The van der Waals surface area contributed by atoms with Crippen LogP contribution in [-0.2, 0) is 4.79 Å². The maximum Gasteiger partial charge on any atom is 0.412 e. The van der Waals surface area contributed by atoms with Gasteiger partial charge >= 0.3 is 6.09 Å². The average molecular weight is 262 g/mol. The van der Waals surface area contributed by atoms with Crippen LogP contribution in [0.3, 0.4) is 0 Å². The van der Waals surface area contributed by atoms with Crippen LogP contribution in [0.25, 0.3) is 0 Å². The SMILES string of the molecule is CC(CN1CCCC1=O)NC(=O)Oc1ccccc1. The minimum absolute atomic E-state index is 0.127. The topological polar surface area (TPSA) is 58.6 Å². The first-order valence-electron chi connectivity index (χ1n) is 6.46. The molecule has 102 valence electrons. The van der Waals surface area contributed by atoms with Gasteiger partial charge in [-0.2, -0.15) is 0 Å². The molecule has 1 heterocycles. The second-order valence-corrected chi connectivity index (χ2v) is 4.69. The molecular formula is C14H18N2O3. The first-order valence-corrected chi connectivity index (χ1v) is 6.46. The fourth-order valence-corrected chi connectivity index (χ4v) is 2.10. The van der Waals surface area contributed by atoms with E-state index in [0.717, 1.165) is 13.0 Å². The fourth-order valence-electron chi connectivity index (χ4n) is 2.10. The Morgan fingerprint density at radius 2 is 2.16 bits per heavy atom. The Labute approximate surface area is 112 Å². The molecule has 0 bridgehead atoms. The van der Waals surface area contributed by atoms with E-state index >= 15 is 0 Å². The standard InChI is InChI=1S/C14H18N2O3/c1-11(10-16-9-5-8-13(16)17)15-14(18)19-12-6-3-2-4-7-12/h2-4,6-7,11H,5,8-10H2,1H3,(H,15,18). The van der Waals surface area contributed by atoms with E-state index < -0.39 is 6.09 Å². The molecule has 1 fully saturated rings. The number of hydrogen-bond acceptors (Lipinski definition) is 3. The third kappa shape index (κ3) is 3.98. The zero-order chi connectivity index (χ0) is 13.7. The van der Waals surface area contributed by atoms with Crippen molar-refractivity contribution >= 4 is 12.0 Å². The van der Waals surface area contributed by atoms with Gasteiger partial charge in [0.2, 0.25) is 5.91 Å². The largest absolute Gasteiger partial charge is 0.412 e. The number of likely N-dealkylation sites (tertiary alicyclic amines) is 1. The van der Waals surface area contributed by atoms with E-state index in [1.54, 1.807) is 29.2 Å². The molecule has 0 aliphatic carbocycles. The summed E-state index contributed by atoms with van der Waals surface area (Å²) in [4.78, 5) is 24.9. The summed E-state index contributed by atoms with van der Waals surface area (Å²) < 4.78 is 5.12. The second-order valence-electron chi connectivity index (χ2n) is 4.69. The molecule has 2 rings (SSSR count). The van der Waals surface area contributed by atoms with Crippen LogP contribution in [-0.4, -0.2) is 36.0 Å². The molecule has 0 saturated carbocycles. The van der Waals surface area contributed by atoms with Crippen molar-refractivity contribution in [3.05, 3.63) is 30.3 Å². The predicted molar refractivity (Wildman–Crippen MR) is 70.9 cm³/mol. The summed E-state index contributed by atoms with van der Waals surface area (Å²) in [6, 6.07) is 8.76. The van der Waals surface area contributed by atoms with Crippen molar-refractivity contribution in [1.82, 2.24) is 10.2 Å². The van der Waals surface area contributed by atoms with Crippen molar-refractivity contribution < 1.29 is 14.3 Å². The van der Waals surface area contributed by atoms with Gasteiger partial charge in [-0.15, -0.1) is 0 Å². The summed E-state index contributed by atoms with van der Waals surface area (Å²) in [6.45, 7) is 3.17. The van der Waals surface area contributed by atoms with Crippen LogP contribution in [0.1, 0.15) is 19.8 Å². The number of carbonyl (C=O) groups is 2. The minimum Gasteiger partial charge on any atom is -0.410 e. The van der Waals surface area contributed by atoms with E-state index in [9.17, 15) is 9.59 Å². The number of nitrogens with zero attached hydrogens (tertiary/aromatic N) is 1. The van der Waals surface area contributed by atoms with Crippen molar-refractivity contribution in [3.63, 3.8) is 0 Å². The van der Waals surface area contributed by atoms with Crippen molar-refractivity contribution in [2.45, 2.75) is 25.8 Å². The number of rotatable bonds is 4. The summed E-state index contributed by atoms with van der Waals surface area (Å²) in [7, 11) is 0. The zero-order valence-electron chi connectivity index (χ0n) is 11.0. The van der Waals surface area contributed by atoms with Crippen LogP contribution in [0.2, 0.25) is 0 Å². The first-order chi connectivity index (χ1) is 9.15. The van der Waals surface area contributed by atoms with Crippen molar-refractivity contribution in [3.8, 4) is 5.75 Å². The van der Waals surface area contributed by atoms with Crippen LogP contribution < -0.4 is 10.1 Å². The lowest BCUT2D eigenvalue weighted by Gasteiger charge is -2.21. The number of para-hydroxylation sites is 1. The van der Waals surface area contributed by atoms with Crippen molar-refractivity contribution in [2.75, 3.05) is 13.1 Å². The monoisotopic (exact) mass is 262 g/mol. The lowest BCUT2D eigenvalue weighted by atomic mass is 10.3. The van der Waals surface area contributed by atoms with Crippen molar-refractivity contribution in [2.24, 2.45) is 0 Å². The number of hydrogen-bond donors (Lipinski definition) is 1. The van der Waals surface area contributed by atoms with Gasteiger partial charge in [0.15, 0.2) is 0 Å². The van der Waals surface area contributed by atoms with Gasteiger partial charge in [0.05, 0.1) is 0 Å². The number of ether oxygens (including phenoxy) is 1. The highest BCUT2D eigenvalue weighted by molar-refractivity contribution is 5.78. The van der Waals surface area contributed by atoms with Crippen LogP contribution >= 0.6 is 0 Å². The highest BCUT2D eigenvalue weighted by atomic mass is 16.6. The molecule has 0 spiro atoms. The number of amides is 2. The van der Waals surface area contributed by atoms with E-state index in [-0.39, 0.29) is 11.9 Å². The van der Waals surface area contributed by atoms with Crippen LogP contribution in [0.4, 0.5) is 4.79 Å². The highest BCUT2D eigenvalue weighted by Crippen LogP contribution is 2.10. The van der Waals surface area contributed by atoms with Gasteiger partial charge in [-0.25, -0.2) is 4.79 Å². The van der Waals surface area contributed by atoms with Crippen molar-refractivity contribution in [1.29, 1.82) is 0 Å². The molecule has 0 aromatic heterocycles. The molecule has 1 aromatic carbocycles. The van der Waals surface area contributed by atoms with Gasteiger partial charge in [-0.3, -0.25) is 4.79 Å². The maximum atomic E-state index is 11.6. The van der Waals surface area contributed by atoms with Crippen LogP contribution in [0.5, 0.6) is 5.75 Å². The minimum atomic E-state index is -0.495. The number of nitrogens with one attached hydrogen (secondary N) is 1. The van der Waals surface area contributed by atoms with Crippen LogP contribution in [0.15, 0.2) is 30.3 Å². The third-order valence-corrected chi connectivity index (χ3v) is 2.98. The molecule has 2 amide bonds. The molecule has 0 radical (unpaired) electrons. The van der Waals surface area contributed by atoms with Gasteiger partial charge in [-0.05, 0) is 25.5 Å². The summed E-state index contributed by atoms with van der Waals surface area (Å²) in [5.41, 5.74) is 0. The van der Waals surface area contributed by atoms with Gasteiger partial charge < -0.3 is 15.0 Å². The second kappa shape index (κ2) is 6.22. The Kier molecular flexibility index (Phi) is 4.39. The molecule has 1 aliphatic rings. The quantitative estimate of drug-likeness (QED) is 0.900. The summed E-state index contributed by atoms with van der Waals surface area (Å²) >= 11 is 0. The number of benzene rings is 1. The zero-order valence-corrected chi connectivity index (χ0v) is 11.0. The molecule has 5 heteroatoms. The Balaban J connectivity index is 1.77. The molecular weight excluding hydrogens is 244 g/mol.